The van der Waals surface area contributed by atoms with Crippen molar-refractivity contribution in [2.24, 2.45) is 0 Å². The molecule has 0 radical (unpaired) electrons. The fraction of sp³-hybridized carbons (Fsp3) is 0.429. The lowest BCUT2D eigenvalue weighted by Crippen LogP contribution is -2.40. The number of nitrogens with zero attached hydrogens (tertiary/aromatic N) is 3. The number of aromatic nitrogens is 2. The van der Waals surface area contributed by atoms with Crippen LogP contribution in [0.25, 0.3) is 0 Å². The fourth-order valence-electron chi connectivity index (χ4n) is 4.63. The van der Waals surface area contributed by atoms with Crippen LogP contribution >= 0.6 is 11.6 Å². The van der Waals surface area contributed by atoms with Crippen LogP contribution < -0.4 is 24.8 Å². The highest BCUT2D eigenvalue weighted by Gasteiger charge is 2.20. The van der Waals surface area contributed by atoms with Crippen LogP contribution in [0.4, 0.5) is 28.8 Å². The maximum absolute atomic E-state index is 11.8. The van der Waals surface area contributed by atoms with E-state index >= 15 is 0 Å². The molecule has 1 aliphatic rings. The van der Waals surface area contributed by atoms with Gasteiger partial charge in [-0.1, -0.05) is 30.7 Å². The third-order valence-electron chi connectivity index (χ3n) is 6.61. The van der Waals surface area contributed by atoms with Crippen LogP contribution in [0.2, 0.25) is 5.02 Å². The Hall–Kier alpha value is -3.32. The maximum atomic E-state index is 11.8. The van der Waals surface area contributed by atoms with Gasteiger partial charge in [-0.3, -0.25) is 4.72 Å². The molecule has 1 saturated heterocycles. The van der Waals surface area contributed by atoms with Crippen molar-refractivity contribution in [3.8, 4) is 11.5 Å². The molecule has 0 amide bonds. The number of benzene rings is 2. The number of para-hydroxylation sites is 2. The van der Waals surface area contributed by atoms with E-state index in [0.29, 0.717) is 47.0 Å². The van der Waals surface area contributed by atoms with Crippen molar-refractivity contribution < 1.29 is 22.6 Å². The summed E-state index contributed by atoms with van der Waals surface area (Å²) in [7, 11) is -1.90. The Morgan fingerprint density at radius 3 is 2.56 bits per heavy atom. The van der Waals surface area contributed by atoms with Gasteiger partial charge < -0.3 is 29.7 Å². The molecule has 1 aliphatic heterocycles. The van der Waals surface area contributed by atoms with Gasteiger partial charge in [0.25, 0.3) is 0 Å². The zero-order valence-electron chi connectivity index (χ0n) is 23.5. The fourth-order valence-corrected chi connectivity index (χ4v) is 5.34. The van der Waals surface area contributed by atoms with Crippen molar-refractivity contribution in [2.45, 2.75) is 32.2 Å². The minimum Gasteiger partial charge on any atom is -0.495 e. The Labute approximate surface area is 246 Å². The lowest BCUT2D eigenvalue weighted by molar-refractivity contribution is 0.0343. The second-order valence-electron chi connectivity index (χ2n) is 9.60. The minimum atomic E-state index is -3.48. The molecule has 0 spiro atoms. The van der Waals surface area contributed by atoms with E-state index < -0.39 is 10.0 Å². The largest absolute Gasteiger partial charge is 0.495 e. The first-order valence-electron chi connectivity index (χ1n) is 13.5. The summed E-state index contributed by atoms with van der Waals surface area (Å²) in [4.78, 5) is 11.3. The molecule has 0 atom stereocenters. The van der Waals surface area contributed by atoms with Crippen molar-refractivity contribution in [3.05, 3.63) is 53.7 Å². The van der Waals surface area contributed by atoms with Gasteiger partial charge in [-0.05, 0) is 50.1 Å². The van der Waals surface area contributed by atoms with Gasteiger partial charge in [0.1, 0.15) is 16.5 Å². The van der Waals surface area contributed by atoms with Crippen LogP contribution in [0.5, 0.6) is 11.5 Å². The summed E-state index contributed by atoms with van der Waals surface area (Å²) >= 11 is 6.36. The normalized spacial score (nSPS) is 14.1. The van der Waals surface area contributed by atoms with E-state index in [-0.39, 0.29) is 11.0 Å². The molecule has 0 bridgehead atoms. The van der Waals surface area contributed by atoms with E-state index in [1.165, 1.54) is 6.20 Å². The highest BCUT2D eigenvalue weighted by Crippen LogP contribution is 2.33. The number of nitrogens with one attached hydrogen (secondary N) is 3. The van der Waals surface area contributed by atoms with E-state index in [2.05, 4.69) is 37.1 Å². The van der Waals surface area contributed by atoms with Crippen molar-refractivity contribution in [3.63, 3.8) is 0 Å². The van der Waals surface area contributed by atoms with Crippen LogP contribution in [-0.4, -0.2) is 75.6 Å². The SMILES string of the molecule is CCN(CCCOc1ccc(OC)c(Nc2ncc(Cl)c(Nc3ccccc3NS(C)(=O)=O)n2)c1)C1CCOCC1. The zero-order chi connectivity index (χ0) is 29.2. The smallest absolute Gasteiger partial charge is 0.229 e. The summed E-state index contributed by atoms with van der Waals surface area (Å²) in [6.07, 6.45) is 5.61. The second-order valence-corrected chi connectivity index (χ2v) is 11.8. The number of sulfonamides is 1. The van der Waals surface area contributed by atoms with Crippen LogP contribution in [-0.2, 0) is 14.8 Å². The molecule has 11 nitrogen and oxygen atoms in total. The maximum Gasteiger partial charge on any atom is 0.229 e. The van der Waals surface area contributed by atoms with E-state index in [4.69, 9.17) is 25.8 Å². The Bertz CT molecular complexity index is 1400. The highest BCUT2D eigenvalue weighted by molar-refractivity contribution is 7.92. The highest BCUT2D eigenvalue weighted by atomic mass is 35.5. The number of ether oxygens (including phenoxy) is 3. The Kier molecular flexibility index (Phi) is 10.9. The van der Waals surface area contributed by atoms with Crippen molar-refractivity contribution in [2.75, 3.05) is 61.6 Å². The molecule has 0 saturated carbocycles. The standard InChI is InChI=1S/C28H37ClN6O5S/c1-4-35(20-12-16-39-17-13-20)14-7-15-40-21-10-11-26(38-2)25(18-21)32-28-30-19-22(29)27(33-28)31-23-8-5-6-9-24(23)34-41(3,36)37/h5-6,8-11,18-20,34H,4,7,12-17H2,1-3H3,(H2,30,31,32,33). The Balaban J connectivity index is 1.42. The molecule has 2 heterocycles. The first-order chi connectivity index (χ1) is 19.8. The zero-order valence-corrected chi connectivity index (χ0v) is 25.1. The minimum absolute atomic E-state index is 0.260. The van der Waals surface area contributed by atoms with Crippen molar-refractivity contribution in [1.82, 2.24) is 14.9 Å². The van der Waals surface area contributed by atoms with Crippen molar-refractivity contribution >= 4 is 50.5 Å². The number of rotatable bonds is 14. The van der Waals surface area contributed by atoms with Crippen LogP contribution in [0.3, 0.4) is 0 Å². The molecule has 222 valence electrons. The lowest BCUT2D eigenvalue weighted by Gasteiger charge is -2.33. The summed E-state index contributed by atoms with van der Waals surface area (Å²) in [5, 5.41) is 6.52. The number of anilines is 5. The summed E-state index contributed by atoms with van der Waals surface area (Å²) in [5.41, 5.74) is 1.46. The predicted molar refractivity (Wildman–Crippen MR) is 163 cm³/mol. The monoisotopic (exact) mass is 604 g/mol. The molecule has 41 heavy (non-hydrogen) atoms. The Morgan fingerprint density at radius 1 is 1.10 bits per heavy atom. The average molecular weight is 605 g/mol. The van der Waals surface area contributed by atoms with Crippen molar-refractivity contribution in [1.29, 1.82) is 0 Å². The third-order valence-corrected chi connectivity index (χ3v) is 7.48. The van der Waals surface area contributed by atoms with Gasteiger partial charge in [-0.25, -0.2) is 13.4 Å². The molecule has 1 aromatic heterocycles. The number of hydrogen-bond acceptors (Lipinski definition) is 10. The lowest BCUT2D eigenvalue weighted by atomic mass is 10.1. The Morgan fingerprint density at radius 2 is 1.85 bits per heavy atom. The molecule has 3 aromatic rings. The number of halogens is 1. The topological polar surface area (TPSA) is 127 Å². The van der Waals surface area contributed by atoms with Gasteiger partial charge in [0.2, 0.25) is 16.0 Å². The molecule has 4 rings (SSSR count). The van der Waals surface area contributed by atoms with Gasteiger partial charge >= 0.3 is 0 Å². The van der Waals surface area contributed by atoms with Gasteiger partial charge in [-0.2, -0.15) is 4.98 Å². The summed E-state index contributed by atoms with van der Waals surface area (Å²) < 4.78 is 43.1. The molecule has 2 aromatic carbocycles. The van der Waals surface area contributed by atoms with E-state index in [1.807, 2.05) is 18.2 Å². The van der Waals surface area contributed by atoms with Gasteiger partial charge in [0.15, 0.2) is 5.82 Å². The first-order valence-corrected chi connectivity index (χ1v) is 15.8. The van der Waals surface area contributed by atoms with E-state index in [0.717, 1.165) is 51.8 Å². The summed E-state index contributed by atoms with van der Waals surface area (Å²) in [6, 6.07) is 12.9. The third kappa shape index (κ3) is 9.09. The predicted octanol–water partition coefficient (Wildman–Crippen LogP) is 5.27. The van der Waals surface area contributed by atoms with Gasteiger partial charge in [0.05, 0.1) is 43.2 Å². The molecule has 3 N–H and O–H groups in total. The van der Waals surface area contributed by atoms with Crippen LogP contribution in [0, 0.1) is 0 Å². The number of methoxy groups -OCH3 is 1. The van der Waals surface area contributed by atoms with Crippen LogP contribution in [0.15, 0.2) is 48.7 Å². The van der Waals surface area contributed by atoms with E-state index in [9.17, 15) is 8.42 Å². The summed E-state index contributed by atoms with van der Waals surface area (Å²) in [5.74, 6) is 1.83. The van der Waals surface area contributed by atoms with Gasteiger partial charge in [0, 0.05) is 31.9 Å². The quantitative estimate of drug-likeness (QED) is 0.209. The molecule has 13 heteroatoms. The second kappa shape index (κ2) is 14.5. The molecule has 1 fully saturated rings. The molecular weight excluding hydrogens is 568 g/mol. The van der Waals surface area contributed by atoms with E-state index in [1.54, 1.807) is 31.4 Å². The average Bonchev–Trinajstić information content (AvgIpc) is 2.96. The molecular formula is C28H37ClN6O5S. The number of hydrogen-bond donors (Lipinski definition) is 3. The van der Waals surface area contributed by atoms with Gasteiger partial charge in [-0.15, -0.1) is 0 Å². The molecule has 0 unspecified atom stereocenters. The molecule has 0 aliphatic carbocycles. The van der Waals surface area contributed by atoms with Crippen LogP contribution in [0.1, 0.15) is 26.2 Å². The summed E-state index contributed by atoms with van der Waals surface area (Å²) in [6.45, 7) is 6.43. The first kappa shape index (κ1) is 30.6.